The minimum atomic E-state index is -4.75. The maximum absolute atomic E-state index is 13.0. The van der Waals surface area contributed by atoms with E-state index in [2.05, 4.69) is 25.6 Å². The van der Waals surface area contributed by atoms with Crippen molar-refractivity contribution < 1.29 is 42.6 Å². The number of nitrogens with one attached hydrogen (secondary N) is 2. The molecule has 1 aromatic heterocycles. The second-order valence-corrected chi connectivity index (χ2v) is 9.67. The van der Waals surface area contributed by atoms with Gasteiger partial charge in [-0.2, -0.15) is 23.4 Å². The van der Waals surface area contributed by atoms with Crippen LogP contribution in [0.2, 0.25) is 5.28 Å². The summed E-state index contributed by atoms with van der Waals surface area (Å²) in [6.07, 6.45) is 0. The number of benzene rings is 3. The molecule has 4 aromatic rings. The first-order chi connectivity index (χ1) is 18.8. The van der Waals surface area contributed by atoms with Crippen LogP contribution in [-0.2, 0) is 10.1 Å². The van der Waals surface area contributed by atoms with E-state index >= 15 is 0 Å². The molecule has 0 aliphatic rings. The molecule has 0 spiro atoms. The maximum Gasteiger partial charge on any atom is 0.339 e. The van der Waals surface area contributed by atoms with Crippen LogP contribution in [0.15, 0.2) is 59.5 Å². The van der Waals surface area contributed by atoms with Gasteiger partial charge in [0.1, 0.15) is 27.7 Å². The van der Waals surface area contributed by atoms with Gasteiger partial charge in [-0.1, -0.05) is 0 Å². The van der Waals surface area contributed by atoms with Crippen molar-refractivity contribution in [3.05, 3.63) is 76.6 Å². The van der Waals surface area contributed by atoms with E-state index in [9.17, 15) is 32.8 Å². The Labute approximate surface area is 230 Å². The standard InChI is InChI=1S/C24H18ClN5O9S/c1-39-18-10-17(32)15(9-19(18)40(36,37)38)20(33)11-2-4-12(5-3-11)26-23-28-22(25)29-24(30-23)27-13-6-7-14(21(34)35)16(31)8-13/h2-10,31-32H,1H3,(H,34,35)(H,36,37,38)(H2,26,27,28,29,30). The van der Waals surface area contributed by atoms with Crippen LogP contribution < -0.4 is 15.4 Å². The number of phenols is 2. The van der Waals surface area contributed by atoms with Crippen LogP contribution in [0, 0.1) is 0 Å². The Hall–Kier alpha value is -4.99. The van der Waals surface area contributed by atoms with Gasteiger partial charge in [0.05, 0.1) is 12.7 Å². The van der Waals surface area contributed by atoms with Gasteiger partial charge in [-0.05, 0) is 54.1 Å². The Morgan fingerprint density at radius 2 is 1.43 bits per heavy atom. The van der Waals surface area contributed by atoms with E-state index in [4.69, 9.17) is 21.4 Å². The number of rotatable bonds is 9. The molecule has 0 atom stereocenters. The van der Waals surface area contributed by atoms with Gasteiger partial charge in [-0.15, -0.1) is 0 Å². The smallest absolute Gasteiger partial charge is 0.339 e. The van der Waals surface area contributed by atoms with E-state index in [0.29, 0.717) is 5.69 Å². The number of hydrogen-bond donors (Lipinski definition) is 6. The number of methoxy groups -OCH3 is 1. The van der Waals surface area contributed by atoms with E-state index in [1.165, 1.54) is 42.5 Å². The molecule has 40 heavy (non-hydrogen) atoms. The lowest BCUT2D eigenvalue weighted by atomic mass is 10.0. The van der Waals surface area contributed by atoms with Crippen LogP contribution in [0.3, 0.4) is 0 Å². The number of ether oxygens (including phenoxy) is 1. The van der Waals surface area contributed by atoms with Gasteiger partial charge in [-0.3, -0.25) is 9.35 Å². The number of hydrogen-bond acceptors (Lipinski definition) is 12. The Balaban J connectivity index is 1.54. The Kier molecular flexibility index (Phi) is 7.72. The molecule has 206 valence electrons. The predicted molar refractivity (Wildman–Crippen MR) is 141 cm³/mol. The monoisotopic (exact) mass is 587 g/mol. The number of halogens is 1. The molecule has 0 radical (unpaired) electrons. The number of carboxylic acids is 1. The van der Waals surface area contributed by atoms with Crippen molar-refractivity contribution in [1.82, 2.24) is 15.0 Å². The lowest BCUT2D eigenvalue weighted by molar-refractivity contribution is 0.0693. The van der Waals surface area contributed by atoms with Gasteiger partial charge >= 0.3 is 5.97 Å². The number of aromatic carboxylic acids is 1. The van der Waals surface area contributed by atoms with Gasteiger partial charge in [0, 0.05) is 29.1 Å². The summed E-state index contributed by atoms with van der Waals surface area (Å²) in [7, 11) is -3.61. The van der Waals surface area contributed by atoms with Gasteiger partial charge in [0.15, 0.2) is 5.78 Å². The summed E-state index contributed by atoms with van der Waals surface area (Å²) in [5.41, 5.74) is 0.0948. The number of carboxylic acid groups (broad SMARTS) is 1. The van der Waals surface area contributed by atoms with Crippen LogP contribution in [0.4, 0.5) is 23.3 Å². The largest absolute Gasteiger partial charge is 0.507 e. The normalized spacial score (nSPS) is 11.1. The number of anilines is 4. The topological polar surface area (TPSA) is 221 Å². The summed E-state index contributed by atoms with van der Waals surface area (Å²) in [4.78, 5) is 35.4. The van der Waals surface area contributed by atoms with Gasteiger partial charge in [0.2, 0.25) is 17.2 Å². The molecule has 0 bridgehead atoms. The van der Waals surface area contributed by atoms with Gasteiger partial charge in [0.25, 0.3) is 10.1 Å². The zero-order chi connectivity index (χ0) is 29.2. The highest BCUT2D eigenvalue weighted by Gasteiger charge is 2.23. The van der Waals surface area contributed by atoms with Crippen LogP contribution in [0.25, 0.3) is 0 Å². The number of carbonyl (C=O) groups excluding carboxylic acids is 1. The second kappa shape index (κ2) is 11.0. The van der Waals surface area contributed by atoms with Crippen LogP contribution in [0.5, 0.6) is 17.2 Å². The quantitative estimate of drug-likeness (QED) is 0.122. The number of phenolic OH excluding ortho intramolecular Hbond substituents is 1. The van der Waals surface area contributed by atoms with E-state index < -0.39 is 38.3 Å². The highest BCUT2D eigenvalue weighted by molar-refractivity contribution is 7.86. The van der Waals surface area contributed by atoms with Crippen LogP contribution in [0.1, 0.15) is 26.3 Å². The first-order valence-electron chi connectivity index (χ1n) is 10.9. The number of ketones is 1. The van der Waals surface area contributed by atoms with Crippen molar-refractivity contribution in [2.45, 2.75) is 4.90 Å². The second-order valence-electron chi connectivity index (χ2n) is 7.94. The van der Waals surface area contributed by atoms with E-state index in [1.807, 2.05) is 0 Å². The average molecular weight is 588 g/mol. The van der Waals surface area contributed by atoms with Crippen molar-refractivity contribution in [2.75, 3.05) is 17.7 Å². The molecule has 0 saturated carbocycles. The molecule has 4 rings (SSSR count). The third kappa shape index (κ3) is 6.17. The Bertz CT molecular complexity index is 1750. The molecule has 14 nitrogen and oxygen atoms in total. The van der Waals surface area contributed by atoms with E-state index in [0.717, 1.165) is 19.2 Å². The van der Waals surface area contributed by atoms with Gasteiger partial charge in [-0.25, -0.2) is 4.79 Å². The fourth-order valence-electron chi connectivity index (χ4n) is 3.46. The summed E-state index contributed by atoms with van der Waals surface area (Å²) >= 11 is 5.99. The van der Waals surface area contributed by atoms with Crippen molar-refractivity contribution in [3.8, 4) is 17.2 Å². The first kappa shape index (κ1) is 28.0. The molecule has 1 heterocycles. The lowest BCUT2D eigenvalue weighted by Gasteiger charge is -2.11. The number of carbonyl (C=O) groups is 2. The zero-order valence-corrected chi connectivity index (χ0v) is 21.7. The highest BCUT2D eigenvalue weighted by atomic mass is 35.5. The predicted octanol–water partition coefficient (Wildman–Crippen LogP) is 3.61. The summed E-state index contributed by atoms with van der Waals surface area (Å²) in [5.74, 6) is -3.42. The summed E-state index contributed by atoms with van der Waals surface area (Å²) in [6, 6.07) is 11.2. The Morgan fingerprint density at radius 3 is 1.98 bits per heavy atom. The minimum absolute atomic E-state index is 0.00134. The molecule has 0 amide bonds. The minimum Gasteiger partial charge on any atom is -0.507 e. The summed E-state index contributed by atoms with van der Waals surface area (Å²) in [5, 5.41) is 34.6. The summed E-state index contributed by atoms with van der Waals surface area (Å²) in [6.45, 7) is 0. The number of aromatic nitrogens is 3. The van der Waals surface area contributed by atoms with Crippen molar-refractivity contribution in [2.24, 2.45) is 0 Å². The third-order valence-electron chi connectivity index (χ3n) is 5.30. The average Bonchev–Trinajstić information content (AvgIpc) is 2.87. The van der Waals surface area contributed by atoms with Gasteiger partial charge < -0.3 is 30.7 Å². The highest BCUT2D eigenvalue weighted by Crippen LogP contribution is 2.33. The molecule has 6 N–H and O–H groups in total. The molecule has 0 fully saturated rings. The fourth-order valence-corrected chi connectivity index (χ4v) is 4.29. The maximum atomic E-state index is 13.0. The SMILES string of the molecule is COc1cc(O)c(C(=O)c2ccc(Nc3nc(Cl)nc(Nc4ccc(C(=O)O)c(O)c4)n3)cc2)cc1S(=O)(=O)O. The summed E-state index contributed by atoms with van der Waals surface area (Å²) < 4.78 is 37.6. The fraction of sp³-hybridized carbons (Fsp3) is 0.0417. The third-order valence-corrected chi connectivity index (χ3v) is 6.34. The van der Waals surface area contributed by atoms with Crippen LogP contribution in [-0.4, -0.2) is 62.1 Å². The molecule has 16 heteroatoms. The molecule has 0 saturated heterocycles. The Morgan fingerprint density at radius 1 is 0.850 bits per heavy atom. The zero-order valence-electron chi connectivity index (χ0n) is 20.2. The lowest BCUT2D eigenvalue weighted by Crippen LogP contribution is -2.07. The molecule has 0 aliphatic carbocycles. The molecular weight excluding hydrogens is 570 g/mol. The van der Waals surface area contributed by atoms with Crippen molar-refractivity contribution in [3.63, 3.8) is 0 Å². The number of nitrogens with zero attached hydrogens (tertiary/aromatic N) is 3. The number of aromatic hydroxyl groups is 2. The van der Waals surface area contributed by atoms with E-state index in [-0.39, 0.29) is 45.3 Å². The molecule has 0 unspecified atom stereocenters. The molecule has 3 aromatic carbocycles. The van der Waals surface area contributed by atoms with Crippen LogP contribution >= 0.6 is 11.6 Å². The first-order valence-corrected chi connectivity index (χ1v) is 12.7. The van der Waals surface area contributed by atoms with Crippen molar-refractivity contribution in [1.29, 1.82) is 0 Å². The molecule has 0 aliphatic heterocycles. The van der Waals surface area contributed by atoms with E-state index in [1.54, 1.807) is 0 Å². The molecular formula is C24H18ClN5O9S. The van der Waals surface area contributed by atoms with Crippen molar-refractivity contribution >= 4 is 56.7 Å².